The molecule has 2 unspecified atom stereocenters. The maximum absolute atomic E-state index is 13.4. The summed E-state index contributed by atoms with van der Waals surface area (Å²) in [5.41, 5.74) is 2.06. The molecule has 76 valence electrons. The second-order valence-electron chi connectivity index (χ2n) is 4.02. The highest BCUT2D eigenvalue weighted by Gasteiger charge is 2.30. The standard InChI is InChI=1S/C12H16FN/c1-3-14-12-8(2)7-10-9(12)5-4-6-11(10)13/h4-6,8,12,14H,3,7H2,1-2H3. The zero-order valence-corrected chi connectivity index (χ0v) is 8.68. The number of hydrogen-bond donors (Lipinski definition) is 1. The zero-order valence-electron chi connectivity index (χ0n) is 8.68. The fourth-order valence-corrected chi connectivity index (χ4v) is 2.36. The van der Waals surface area contributed by atoms with Gasteiger partial charge in [0.05, 0.1) is 0 Å². The van der Waals surface area contributed by atoms with Gasteiger partial charge in [-0.15, -0.1) is 0 Å². The Morgan fingerprint density at radius 3 is 3.00 bits per heavy atom. The Morgan fingerprint density at radius 2 is 2.29 bits per heavy atom. The van der Waals surface area contributed by atoms with E-state index in [0.717, 1.165) is 24.1 Å². The number of nitrogens with one attached hydrogen (secondary N) is 1. The number of fused-ring (bicyclic) bond motifs is 1. The van der Waals surface area contributed by atoms with E-state index in [0.29, 0.717) is 12.0 Å². The summed E-state index contributed by atoms with van der Waals surface area (Å²) >= 11 is 0. The Labute approximate surface area is 84.3 Å². The van der Waals surface area contributed by atoms with E-state index in [1.165, 1.54) is 0 Å². The minimum Gasteiger partial charge on any atom is -0.310 e. The average Bonchev–Trinajstić information content (AvgIpc) is 2.47. The summed E-state index contributed by atoms with van der Waals surface area (Å²) in [5, 5.41) is 3.41. The van der Waals surface area contributed by atoms with Gasteiger partial charge < -0.3 is 5.32 Å². The average molecular weight is 193 g/mol. The topological polar surface area (TPSA) is 12.0 Å². The lowest BCUT2D eigenvalue weighted by Gasteiger charge is -2.17. The smallest absolute Gasteiger partial charge is 0.126 e. The summed E-state index contributed by atoms with van der Waals surface area (Å²) < 4.78 is 13.4. The summed E-state index contributed by atoms with van der Waals surface area (Å²) in [6, 6.07) is 5.73. The molecule has 0 heterocycles. The molecule has 0 aromatic heterocycles. The molecule has 0 fully saturated rings. The Bertz CT molecular complexity index is 335. The first-order valence-electron chi connectivity index (χ1n) is 5.24. The monoisotopic (exact) mass is 193 g/mol. The zero-order chi connectivity index (χ0) is 10.1. The van der Waals surface area contributed by atoms with E-state index in [1.807, 2.05) is 6.07 Å². The van der Waals surface area contributed by atoms with Crippen LogP contribution >= 0.6 is 0 Å². The molecule has 0 spiro atoms. The molecular formula is C12H16FN. The summed E-state index contributed by atoms with van der Waals surface area (Å²) in [6.07, 6.45) is 0.861. The molecule has 1 aromatic rings. The Hall–Kier alpha value is -0.890. The summed E-state index contributed by atoms with van der Waals surface area (Å²) in [6.45, 7) is 5.20. The van der Waals surface area contributed by atoms with E-state index in [9.17, 15) is 4.39 Å². The van der Waals surface area contributed by atoms with Crippen molar-refractivity contribution in [3.8, 4) is 0 Å². The molecule has 2 rings (SSSR count). The highest BCUT2D eigenvalue weighted by Crippen LogP contribution is 2.36. The maximum Gasteiger partial charge on any atom is 0.126 e. The van der Waals surface area contributed by atoms with Crippen LogP contribution in [0.5, 0.6) is 0 Å². The molecule has 1 nitrogen and oxygen atoms in total. The van der Waals surface area contributed by atoms with Crippen LogP contribution in [0, 0.1) is 11.7 Å². The number of benzene rings is 1. The van der Waals surface area contributed by atoms with Crippen molar-refractivity contribution in [3.63, 3.8) is 0 Å². The molecule has 0 aliphatic heterocycles. The lowest BCUT2D eigenvalue weighted by atomic mass is 10.0. The minimum atomic E-state index is -0.0465. The first-order chi connectivity index (χ1) is 6.74. The van der Waals surface area contributed by atoms with Gasteiger partial charge in [0.15, 0.2) is 0 Å². The van der Waals surface area contributed by atoms with Gasteiger partial charge in [-0.05, 0) is 36.1 Å². The van der Waals surface area contributed by atoms with Crippen molar-refractivity contribution in [1.82, 2.24) is 5.32 Å². The highest BCUT2D eigenvalue weighted by molar-refractivity contribution is 5.36. The van der Waals surface area contributed by atoms with E-state index in [1.54, 1.807) is 12.1 Å². The van der Waals surface area contributed by atoms with Crippen molar-refractivity contribution in [2.45, 2.75) is 26.3 Å². The highest BCUT2D eigenvalue weighted by atomic mass is 19.1. The Kier molecular flexibility index (Phi) is 2.55. The normalized spacial score (nSPS) is 25.1. The predicted molar refractivity (Wildman–Crippen MR) is 55.7 cm³/mol. The molecule has 2 heteroatoms. The lowest BCUT2D eigenvalue weighted by Crippen LogP contribution is -2.23. The van der Waals surface area contributed by atoms with Gasteiger partial charge in [-0.25, -0.2) is 4.39 Å². The van der Waals surface area contributed by atoms with Gasteiger partial charge in [-0.2, -0.15) is 0 Å². The third-order valence-electron chi connectivity index (χ3n) is 3.01. The fourth-order valence-electron chi connectivity index (χ4n) is 2.36. The van der Waals surface area contributed by atoms with Crippen molar-refractivity contribution < 1.29 is 4.39 Å². The van der Waals surface area contributed by atoms with Crippen molar-refractivity contribution in [2.75, 3.05) is 6.54 Å². The van der Waals surface area contributed by atoms with Crippen molar-refractivity contribution in [1.29, 1.82) is 0 Å². The van der Waals surface area contributed by atoms with Gasteiger partial charge in [0, 0.05) is 6.04 Å². The van der Waals surface area contributed by atoms with Gasteiger partial charge in [0.2, 0.25) is 0 Å². The summed E-state index contributed by atoms with van der Waals surface area (Å²) in [7, 11) is 0. The van der Waals surface area contributed by atoms with Gasteiger partial charge in [0.25, 0.3) is 0 Å². The third kappa shape index (κ3) is 1.44. The molecule has 0 radical (unpaired) electrons. The number of rotatable bonds is 2. The summed E-state index contributed by atoms with van der Waals surface area (Å²) in [5.74, 6) is 0.455. The largest absolute Gasteiger partial charge is 0.310 e. The van der Waals surface area contributed by atoms with Crippen molar-refractivity contribution in [3.05, 3.63) is 35.1 Å². The van der Waals surface area contributed by atoms with Crippen LogP contribution < -0.4 is 5.32 Å². The number of halogens is 1. The predicted octanol–water partition coefficient (Wildman–Crippen LogP) is 2.67. The second-order valence-corrected chi connectivity index (χ2v) is 4.02. The van der Waals surface area contributed by atoms with Gasteiger partial charge in [-0.3, -0.25) is 0 Å². The van der Waals surface area contributed by atoms with Crippen LogP contribution in [0.4, 0.5) is 4.39 Å². The molecule has 1 aromatic carbocycles. The molecule has 14 heavy (non-hydrogen) atoms. The van der Waals surface area contributed by atoms with Crippen LogP contribution in [0.3, 0.4) is 0 Å². The van der Waals surface area contributed by atoms with Crippen LogP contribution in [0.1, 0.15) is 31.0 Å². The summed E-state index contributed by atoms with van der Waals surface area (Å²) in [4.78, 5) is 0. The van der Waals surface area contributed by atoms with Crippen molar-refractivity contribution in [2.24, 2.45) is 5.92 Å². The van der Waals surface area contributed by atoms with Gasteiger partial charge >= 0.3 is 0 Å². The van der Waals surface area contributed by atoms with Crippen LogP contribution in [0.25, 0.3) is 0 Å². The van der Waals surface area contributed by atoms with E-state index in [-0.39, 0.29) is 5.82 Å². The fraction of sp³-hybridized carbons (Fsp3) is 0.500. The molecule has 0 saturated carbocycles. The first-order valence-corrected chi connectivity index (χ1v) is 5.24. The quantitative estimate of drug-likeness (QED) is 0.761. The van der Waals surface area contributed by atoms with Crippen LogP contribution in [-0.4, -0.2) is 6.54 Å². The van der Waals surface area contributed by atoms with Crippen LogP contribution in [-0.2, 0) is 6.42 Å². The molecule has 2 atom stereocenters. The third-order valence-corrected chi connectivity index (χ3v) is 3.01. The maximum atomic E-state index is 13.4. The van der Waals surface area contributed by atoms with Crippen molar-refractivity contribution >= 4 is 0 Å². The molecule has 0 amide bonds. The van der Waals surface area contributed by atoms with Crippen LogP contribution in [0.2, 0.25) is 0 Å². The molecule has 1 aliphatic rings. The van der Waals surface area contributed by atoms with Gasteiger partial charge in [0.1, 0.15) is 5.82 Å². The molecule has 0 bridgehead atoms. The van der Waals surface area contributed by atoms with E-state index in [2.05, 4.69) is 19.2 Å². The number of hydrogen-bond acceptors (Lipinski definition) is 1. The van der Waals surface area contributed by atoms with Gasteiger partial charge in [-0.1, -0.05) is 26.0 Å². The van der Waals surface area contributed by atoms with E-state index < -0.39 is 0 Å². The molecule has 1 N–H and O–H groups in total. The first kappa shape index (κ1) is 9.66. The van der Waals surface area contributed by atoms with Crippen LogP contribution in [0.15, 0.2) is 18.2 Å². The van der Waals surface area contributed by atoms with E-state index >= 15 is 0 Å². The minimum absolute atomic E-state index is 0.0465. The van der Waals surface area contributed by atoms with E-state index in [4.69, 9.17) is 0 Å². The second kappa shape index (κ2) is 3.70. The Morgan fingerprint density at radius 1 is 1.50 bits per heavy atom. The lowest BCUT2D eigenvalue weighted by molar-refractivity contribution is 0.425. The molecule has 1 aliphatic carbocycles. The Balaban J connectivity index is 2.37. The molecule has 0 saturated heterocycles. The molecular weight excluding hydrogens is 177 g/mol. The SMILES string of the molecule is CCNC1c2cccc(F)c2CC1C.